The molecule has 144 valence electrons. The molecule has 6 heteroatoms. The molecule has 0 atom stereocenters. The molecule has 0 aromatic heterocycles. The zero-order valence-corrected chi connectivity index (χ0v) is 17.3. The van der Waals surface area contributed by atoms with Crippen LogP contribution in [-0.2, 0) is 9.59 Å². The van der Waals surface area contributed by atoms with Gasteiger partial charge < -0.3 is 4.90 Å². The first-order chi connectivity index (χ1) is 13.4. The summed E-state index contributed by atoms with van der Waals surface area (Å²) in [7, 11) is 0. The molecule has 0 saturated carbocycles. The minimum absolute atomic E-state index is 0.305. The first-order valence-corrected chi connectivity index (χ1v) is 10.0. The van der Waals surface area contributed by atoms with Crippen LogP contribution >= 0.6 is 23.2 Å². The summed E-state index contributed by atoms with van der Waals surface area (Å²) >= 11 is 12.2. The van der Waals surface area contributed by atoms with Gasteiger partial charge in [-0.2, -0.15) is 0 Å². The van der Waals surface area contributed by atoms with E-state index in [0.29, 0.717) is 27.0 Å². The first-order valence-electron chi connectivity index (χ1n) is 9.29. The van der Waals surface area contributed by atoms with Crippen LogP contribution in [0.4, 0.5) is 5.69 Å². The normalized spacial score (nSPS) is 17.3. The number of hydrogen-bond acceptors (Lipinski definition) is 3. The minimum atomic E-state index is -0.322. The molecule has 2 aliphatic rings. The number of nitrogens with zero attached hydrogens (tertiary/aromatic N) is 2. The summed E-state index contributed by atoms with van der Waals surface area (Å²) in [4.78, 5) is 30.1. The molecule has 0 spiro atoms. The Hall–Kier alpha value is -2.30. The van der Waals surface area contributed by atoms with Crippen LogP contribution in [0.15, 0.2) is 42.1 Å². The lowest BCUT2D eigenvalue weighted by molar-refractivity contribution is -0.120. The summed E-state index contributed by atoms with van der Waals surface area (Å²) in [6.45, 7) is 5.53. The lowest BCUT2D eigenvalue weighted by atomic mass is 9.97. The topological polar surface area (TPSA) is 40.6 Å². The Morgan fingerprint density at radius 2 is 1.57 bits per heavy atom. The second kappa shape index (κ2) is 7.26. The highest BCUT2D eigenvalue weighted by Crippen LogP contribution is 2.38. The lowest BCUT2D eigenvalue weighted by Crippen LogP contribution is -2.34. The molecule has 2 aromatic rings. The molecule has 1 saturated heterocycles. The van der Waals surface area contributed by atoms with Gasteiger partial charge in [0.15, 0.2) is 0 Å². The van der Waals surface area contributed by atoms with Crippen LogP contribution in [0.3, 0.4) is 0 Å². The molecule has 4 nitrogen and oxygen atoms in total. The first kappa shape index (κ1) is 19.0. The van der Waals surface area contributed by atoms with E-state index >= 15 is 0 Å². The third-order valence-corrected chi connectivity index (χ3v) is 6.03. The predicted octanol–water partition coefficient (Wildman–Crippen LogP) is 4.99. The molecule has 28 heavy (non-hydrogen) atoms. The van der Waals surface area contributed by atoms with Crippen molar-refractivity contribution in [3.63, 3.8) is 0 Å². The fourth-order valence-electron chi connectivity index (χ4n) is 3.95. The van der Waals surface area contributed by atoms with Crippen LogP contribution in [0.25, 0.3) is 5.57 Å². The number of carbonyl (C=O) groups excluding carboxylic acids is 2. The van der Waals surface area contributed by atoms with Crippen molar-refractivity contribution in [3.05, 3.63) is 68.8 Å². The van der Waals surface area contributed by atoms with Crippen molar-refractivity contribution in [2.75, 3.05) is 18.0 Å². The molecule has 4 rings (SSSR count). The highest BCUT2D eigenvalue weighted by molar-refractivity contribution is 6.46. The highest BCUT2D eigenvalue weighted by Gasteiger charge is 2.43. The van der Waals surface area contributed by atoms with Crippen molar-refractivity contribution in [3.8, 4) is 0 Å². The largest absolute Gasteiger partial charge is 0.366 e. The molecule has 2 aromatic carbocycles. The molecule has 2 aliphatic heterocycles. The van der Waals surface area contributed by atoms with Gasteiger partial charge in [0, 0.05) is 13.1 Å². The number of amides is 2. The Balaban J connectivity index is 1.87. The van der Waals surface area contributed by atoms with Crippen LogP contribution in [0, 0.1) is 13.8 Å². The zero-order chi connectivity index (χ0) is 20.0. The smallest absolute Gasteiger partial charge is 0.282 e. The van der Waals surface area contributed by atoms with E-state index in [-0.39, 0.29) is 11.8 Å². The van der Waals surface area contributed by atoms with Crippen LogP contribution in [0.5, 0.6) is 0 Å². The average molecular weight is 415 g/mol. The zero-order valence-electron chi connectivity index (χ0n) is 15.8. The number of hydrogen-bond donors (Lipinski definition) is 0. The quantitative estimate of drug-likeness (QED) is 0.664. The summed E-state index contributed by atoms with van der Waals surface area (Å²) in [6.07, 6.45) is 2.02. The van der Waals surface area contributed by atoms with Gasteiger partial charge in [0.25, 0.3) is 11.8 Å². The summed E-state index contributed by atoms with van der Waals surface area (Å²) in [5.41, 5.74) is 4.27. The number of carbonyl (C=O) groups is 2. The fraction of sp³-hybridized carbons (Fsp3) is 0.273. The summed E-state index contributed by atoms with van der Waals surface area (Å²) in [6, 6.07) is 10.7. The second-order valence-corrected chi connectivity index (χ2v) is 8.09. The van der Waals surface area contributed by atoms with E-state index in [0.717, 1.165) is 42.6 Å². The SMILES string of the molecule is Cc1ccc(C2=C(N3CCCC3)C(=O)N(c3ccc(Cl)c(Cl)c3)C2=O)c(C)c1. The molecule has 0 N–H and O–H groups in total. The molecular weight excluding hydrogens is 395 g/mol. The van der Waals surface area contributed by atoms with Crippen molar-refractivity contribution in [2.24, 2.45) is 0 Å². The molecule has 0 radical (unpaired) electrons. The molecular formula is C22H20Cl2N2O2. The number of rotatable bonds is 3. The fourth-order valence-corrected chi connectivity index (χ4v) is 4.24. The van der Waals surface area contributed by atoms with Crippen LogP contribution < -0.4 is 4.90 Å². The van der Waals surface area contributed by atoms with Crippen molar-refractivity contribution >= 4 is 46.3 Å². The van der Waals surface area contributed by atoms with Gasteiger partial charge in [-0.3, -0.25) is 9.59 Å². The van der Waals surface area contributed by atoms with Crippen molar-refractivity contribution < 1.29 is 9.59 Å². The Labute approximate surface area is 174 Å². The van der Waals surface area contributed by atoms with Crippen molar-refractivity contribution in [1.82, 2.24) is 4.90 Å². The van der Waals surface area contributed by atoms with E-state index in [2.05, 4.69) is 0 Å². The molecule has 0 aliphatic carbocycles. The van der Waals surface area contributed by atoms with Gasteiger partial charge in [0.2, 0.25) is 0 Å². The number of aryl methyl sites for hydroxylation is 2. The molecule has 0 bridgehead atoms. The predicted molar refractivity (Wildman–Crippen MR) is 113 cm³/mol. The standard InChI is InChI=1S/C22H20Cl2N2O2/c1-13-5-7-16(14(2)11-13)19-20(25-9-3-4-10-25)22(28)26(21(19)27)15-6-8-17(23)18(24)12-15/h5-8,11-12H,3-4,9-10H2,1-2H3. The molecule has 2 amide bonds. The van der Waals surface area contributed by atoms with Crippen LogP contribution in [0.1, 0.15) is 29.5 Å². The Kier molecular flexibility index (Phi) is 4.94. The molecule has 1 fully saturated rings. The van der Waals surface area contributed by atoms with E-state index in [1.165, 1.54) is 4.90 Å². The number of halogens is 2. The maximum Gasteiger partial charge on any atom is 0.282 e. The van der Waals surface area contributed by atoms with Gasteiger partial charge in [0.05, 0.1) is 21.3 Å². The molecule has 0 unspecified atom stereocenters. The monoisotopic (exact) mass is 414 g/mol. The number of imide groups is 1. The van der Waals surface area contributed by atoms with Crippen molar-refractivity contribution in [2.45, 2.75) is 26.7 Å². The maximum atomic E-state index is 13.5. The van der Waals surface area contributed by atoms with Crippen LogP contribution in [0.2, 0.25) is 10.0 Å². The highest BCUT2D eigenvalue weighted by atomic mass is 35.5. The Morgan fingerprint density at radius 1 is 0.857 bits per heavy atom. The molecule has 2 heterocycles. The summed E-state index contributed by atoms with van der Waals surface area (Å²) < 4.78 is 0. The minimum Gasteiger partial charge on any atom is -0.366 e. The third-order valence-electron chi connectivity index (χ3n) is 5.29. The Morgan fingerprint density at radius 3 is 2.21 bits per heavy atom. The van der Waals surface area contributed by atoms with E-state index in [1.54, 1.807) is 18.2 Å². The van der Waals surface area contributed by atoms with Gasteiger partial charge in [-0.25, -0.2) is 4.90 Å². The van der Waals surface area contributed by atoms with Crippen LogP contribution in [-0.4, -0.2) is 29.8 Å². The van der Waals surface area contributed by atoms with Gasteiger partial charge >= 0.3 is 0 Å². The van der Waals surface area contributed by atoms with E-state index in [1.807, 2.05) is 36.9 Å². The number of likely N-dealkylation sites (tertiary alicyclic amines) is 1. The van der Waals surface area contributed by atoms with Gasteiger partial charge in [-0.05, 0) is 56.0 Å². The number of benzene rings is 2. The lowest BCUT2D eigenvalue weighted by Gasteiger charge is -2.20. The summed E-state index contributed by atoms with van der Waals surface area (Å²) in [5, 5.41) is 0.689. The van der Waals surface area contributed by atoms with Gasteiger partial charge in [-0.15, -0.1) is 0 Å². The van der Waals surface area contributed by atoms with Crippen molar-refractivity contribution in [1.29, 1.82) is 0 Å². The van der Waals surface area contributed by atoms with E-state index in [4.69, 9.17) is 23.2 Å². The number of anilines is 1. The van der Waals surface area contributed by atoms with E-state index in [9.17, 15) is 9.59 Å². The van der Waals surface area contributed by atoms with E-state index < -0.39 is 0 Å². The van der Waals surface area contributed by atoms with Gasteiger partial charge in [0.1, 0.15) is 5.70 Å². The van der Waals surface area contributed by atoms with Gasteiger partial charge in [-0.1, -0.05) is 47.0 Å². The second-order valence-electron chi connectivity index (χ2n) is 7.28. The third kappa shape index (κ3) is 3.11. The average Bonchev–Trinajstić information content (AvgIpc) is 3.24. The maximum absolute atomic E-state index is 13.5. The Bertz CT molecular complexity index is 1020. The summed E-state index contributed by atoms with van der Waals surface area (Å²) in [5.74, 6) is -0.627.